The molecule has 0 aromatic heterocycles. The number of ether oxygens (including phenoxy) is 1. The first kappa shape index (κ1) is 15.3. The number of hydrogen-bond acceptors (Lipinski definition) is 2. The molecule has 0 unspecified atom stereocenters. The van der Waals surface area contributed by atoms with E-state index < -0.39 is 0 Å². The molecule has 2 rings (SSSR count). The Kier molecular flexibility index (Phi) is 4.99. The predicted molar refractivity (Wildman–Crippen MR) is 85.2 cm³/mol. The van der Waals surface area contributed by atoms with Gasteiger partial charge in [0.1, 0.15) is 11.6 Å². The molecule has 5 heteroatoms. The molecule has 0 N–H and O–H groups in total. The zero-order valence-electron chi connectivity index (χ0n) is 10.6. The van der Waals surface area contributed by atoms with Crippen LogP contribution in [0, 0.1) is 9.39 Å². The minimum absolute atomic E-state index is 0.102. The van der Waals surface area contributed by atoms with Crippen LogP contribution >= 0.6 is 34.2 Å². The molecule has 0 atom stereocenters. The SMILES string of the molecule is COc1ccc(Cl)cc1CC(=O)c1ccc(F)cc1I. The van der Waals surface area contributed by atoms with Gasteiger partial charge < -0.3 is 4.74 Å². The second-order valence-corrected chi connectivity index (χ2v) is 5.78. The van der Waals surface area contributed by atoms with Crippen LogP contribution in [0.15, 0.2) is 36.4 Å². The van der Waals surface area contributed by atoms with E-state index >= 15 is 0 Å². The largest absolute Gasteiger partial charge is 0.496 e. The number of methoxy groups -OCH3 is 1. The van der Waals surface area contributed by atoms with Crippen molar-refractivity contribution in [3.63, 3.8) is 0 Å². The van der Waals surface area contributed by atoms with Crippen molar-refractivity contribution in [2.45, 2.75) is 6.42 Å². The van der Waals surface area contributed by atoms with Gasteiger partial charge in [0.15, 0.2) is 5.78 Å². The van der Waals surface area contributed by atoms with Crippen molar-refractivity contribution in [1.29, 1.82) is 0 Å². The van der Waals surface area contributed by atoms with Crippen molar-refractivity contribution in [3.05, 3.63) is 61.9 Å². The summed E-state index contributed by atoms with van der Waals surface area (Å²) >= 11 is 7.89. The van der Waals surface area contributed by atoms with Crippen LogP contribution in [0.1, 0.15) is 15.9 Å². The van der Waals surface area contributed by atoms with Gasteiger partial charge in [-0.15, -0.1) is 0 Å². The first-order valence-electron chi connectivity index (χ1n) is 5.82. The smallest absolute Gasteiger partial charge is 0.168 e. The van der Waals surface area contributed by atoms with E-state index in [9.17, 15) is 9.18 Å². The summed E-state index contributed by atoms with van der Waals surface area (Å²) in [5.41, 5.74) is 1.21. The predicted octanol–water partition coefficient (Wildman–Crippen LogP) is 4.52. The molecule has 2 aromatic rings. The quantitative estimate of drug-likeness (QED) is 0.553. The topological polar surface area (TPSA) is 26.3 Å². The molecule has 0 fully saturated rings. The molecule has 0 heterocycles. The molecule has 0 saturated heterocycles. The van der Waals surface area contributed by atoms with Crippen molar-refractivity contribution in [2.75, 3.05) is 7.11 Å². The number of carbonyl (C=O) groups excluding carboxylic acids is 1. The molecule has 0 aliphatic heterocycles. The highest BCUT2D eigenvalue weighted by atomic mass is 127. The maximum Gasteiger partial charge on any atom is 0.168 e. The average molecular weight is 405 g/mol. The van der Waals surface area contributed by atoms with Gasteiger partial charge in [-0.25, -0.2) is 4.39 Å². The minimum atomic E-state index is -0.355. The summed E-state index contributed by atoms with van der Waals surface area (Å²) < 4.78 is 18.9. The summed E-state index contributed by atoms with van der Waals surface area (Å²) in [4.78, 5) is 12.3. The summed E-state index contributed by atoms with van der Waals surface area (Å²) in [7, 11) is 1.54. The van der Waals surface area contributed by atoms with Crippen molar-refractivity contribution >= 4 is 40.0 Å². The number of hydrogen-bond donors (Lipinski definition) is 0. The Hall–Kier alpha value is -1.14. The van der Waals surface area contributed by atoms with Gasteiger partial charge in [-0.3, -0.25) is 4.79 Å². The van der Waals surface area contributed by atoms with E-state index in [-0.39, 0.29) is 18.0 Å². The molecule has 0 saturated carbocycles. The molecule has 20 heavy (non-hydrogen) atoms. The van der Waals surface area contributed by atoms with Crippen LogP contribution in [0.4, 0.5) is 4.39 Å². The number of halogens is 3. The highest BCUT2D eigenvalue weighted by Crippen LogP contribution is 2.25. The fraction of sp³-hybridized carbons (Fsp3) is 0.133. The number of benzene rings is 2. The van der Waals surface area contributed by atoms with E-state index in [1.54, 1.807) is 25.3 Å². The second kappa shape index (κ2) is 6.54. The molecule has 0 aliphatic carbocycles. The first-order chi connectivity index (χ1) is 9.51. The molecule has 2 nitrogen and oxygen atoms in total. The lowest BCUT2D eigenvalue weighted by Gasteiger charge is -2.09. The van der Waals surface area contributed by atoms with Crippen LogP contribution < -0.4 is 4.74 Å². The van der Waals surface area contributed by atoms with Crippen LogP contribution in [-0.4, -0.2) is 12.9 Å². The highest BCUT2D eigenvalue weighted by Gasteiger charge is 2.14. The third kappa shape index (κ3) is 3.49. The molecule has 0 spiro atoms. The van der Waals surface area contributed by atoms with E-state index in [2.05, 4.69) is 0 Å². The molecular formula is C15H11ClFIO2. The van der Waals surface area contributed by atoms with Gasteiger partial charge >= 0.3 is 0 Å². The standard InChI is InChI=1S/C15H11ClFIO2/c1-20-15-5-2-10(16)6-9(15)7-14(19)12-4-3-11(17)8-13(12)18/h2-6,8H,7H2,1H3. The number of carbonyl (C=O) groups is 1. The fourth-order valence-electron chi connectivity index (χ4n) is 1.87. The van der Waals surface area contributed by atoms with Gasteiger partial charge in [-0.2, -0.15) is 0 Å². The molecule has 104 valence electrons. The van der Waals surface area contributed by atoms with Crippen LogP contribution in [0.5, 0.6) is 5.75 Å². The van der Waals surface area contributed by atoms with Gasteiger partial charge in [0.25, 0.3) is 0 Å². The number of ketones is 1. The Bertz CT molecular complexity index is 658. The summed E-state index contributed by atoms with van der Waals surface area (Å²) in [6, 6.07) is 9.25. The Labute approximate surface area is 135 Å². The van der Waals surface area contributed by atoms with Crippen LogP contribution in [0.25, 0.3) is 0 Å². The lowest BCUT2D eigenvalue weighted by atomic mass is 10.0. The van der Waals surface area contributed by atoms with E-state index in [0.29, 0.717) is 25.5 Å². The minimum Gasteiger partial charge on any atom is -0.496 e. The molecular weight excluding hydrogens is 394 g/mol. The Balaban J connectivity index is 2.30. The zero-order valence-corrected chi connectivity index (χ0v) is 13.5. The van der Waals surface area contributed by atoms with Gasteiger partial charge in [0, 0.05) is 26.1 Å². The maximum absolute atomic E-state index is 13.1. The monoisotopic (exact) mass is 404 g/mol. The maximum atomic E-state index is 13.1. The van der Waals surface area contributed by atoms with Crippen molar-refractivity contribution in [1.82, 2.24) is 0 Å². The first-order valence-corrected chi connectivity index (χ1v) is 7.27. The average Bonchev–Trinajstić information content (AvgIpc) is 2.38. The molecule has 0 aliphatic rings. The van der Waals surface area contributed by atoms with Gasteiger partial charge in [0.2, 0.25) is 0 Å². The fourth-order valence-corrected chi connectivity index (χ4v) is 2.84. The summed E-state index contributed by atoms with van der Waals surface area (Å²) in [5, 5.41) is 0.544. The highest BCUT2D eigenvalue weighted by molar-refractivity contribution is 14.1. The zero-order chi connectivity index (χ0) is 14.7. The van der Waals surface area contributed by atoms with Crippen LogP contribution in [0.3, 0.4) is 0 Å². The van der Waals surface area contributed by atoms with Crippen molar-refractivity contribution < 1.29 is 13.9 Å². The molecule has 0 amide bonds. The van der Waals surface area contributed by atoms with E-state index in [0.717, 1.165) is 0 Å². The normalized spacial score (nSPS) is 10.4. The Morgan fingerprint density at radius 2 is 2.05 bits per heavy atom. The molecule has 2 aromatic carbocycles. The van der Waals surface area contributed by atoms with Crippen LogP contribution in [-0.2, 0) is 6.42 Å². The Morgan fingerprint density at radius 1 is 1.30 bits per heavy atom. The third-order valence-electron chi connectivity index (χ3n) is 2.82. The number of rotatable bonds is 4. The molecule has 0 radical (unpaired) electrons. The van der Waals surface area contributed by atoms with Gasteiger partial charge in [-0.1, -0.05) is 11.6 Å². The van der Waals surface area contributed by atoms with Gasteiger partial charge in [-0.05, 0) is 59.0 Å². The Morgan fingerprint density at radius 3 is 2.70 bits per heavy atom. The summed E-state index contributed by atoms with van der Waals surface area (Å²) in [6.45, 7) is 0. The lowest BCUT2D eigenvalue weighted by Crippen LogP contribution is -2.07. The van der Waals surface area contributed by atoms with E-state index in [1.165, 1.54) is 18.2 Å². The van der Waals surface area contributed by atoms with E-state index in [1.807, 2.05) is 22.6 Å². The van der Waals surface area contributed by atoms with Gasteiger partial charge in [0.05, 0.1) is 7.11 Å². The van der Waals surface area contributed by atoms with Crippen molar-refractivity contribution in [3.8, 4) is 5.75 Å². The number of Topliss-reactive ketones (excluding diaryl/α,β-unsaturated/α-hetero) is 1. The van der Waals surface area contributed by atoms with Crippen molar-refractivity contribution in [2.24, 2.45) is 0 Å². The lowest BCUT2D eigenvalue weighted by molar-refractivity contribution is 0.0991. The van der Waals surface area contributed by atoms with E-state index in [4.69, 9.17) is 16.3 Å². The summed E-state index contributed by atoms with van der Waals surface area (Å²) in [5.74, 6) is 0.154. The summed E-state index contributed by atoms with van der Waals surface area (Å²) in [6.07, 6.45) is 0.158. The van der Waals surface area contributed by atoms with Crippen LogP contribution in [0.2, 0.25) is 5.02 Å². The second-order valence-electron chi connectivity index (χ2n) is 4.18. The molecule has 0 bridgehead atoms. The third-order valence-corrected chi connectivity index (χ3v) is 3.95.